The van der Waals surface area contributed by atoms with E-state index in [2.05, 4.69) is 50.6 Å². The lowest BCUT2D eigenvalue weighted by Crippen LogP contribution is -2.28. The highest BCUT2D eigenvalue weighted by Crippen LogP contribution is 2.12. The first-order valence-corrected chi connectivity index (χ1v) is 6.52. The minimum atomic E-state index is 1.14. The van der Waals surface area contributed by atoms with Crippen molar-refractivity contribution >= 4 is 0 Å². The minimum Gasteiger partial charge on any atom is -0.299 e. The van der Waals surface area contributed by atoms with Crippen molar-refractivity contribution in [3.05, 3.63) is 48.3 Å². The smallest absolute Gasteiger partial charge is 0.0690 e. The topological polar surface area (TPSA) is 44.8 Å². The van der Waals surface area contributed by atoms with Gasteiger partial charge in [-0.15, -0.1) is 5.10 Å². The molecule has 1 N–H and O–H groups in total. The van der Waals surface area contributed by atoms with Gasteiger partial charge in [-0.05, 0) is 31.5 Å². The lowest BCUT2D eigenvalue weighted by molar-refractivity contribution is 0.221. The number of nitrogens with zero attached hydrogens (tertiary/aromatic N) is 3. The molecule has 4 nitrogen and oxygen atoms in total. The molecule has 1 aliphatic heterocycles. The number of hydrogen-bond acceptors (Lipinski definition) is 3. The van der Waals surface area contributed by atoms with Crippen LogP contribution < -0.4 is 0 Å². The number of piperidine rings is 1. The Balaban J connectivity index is 0.000000202. The van der Waals surface area contributed by atoms with E-state index in [1.165, 1.54) is 37.9 Å². The van der Waals surface area contributed by atoms with Gasteiger partial charge in [-0.2, -0.15) is 0 Å². The number of likely N-dealkylation sites (tertiary alicyclic amines) is 1. The van der Waals surface area contributed by atoms with Crippen LogP contribution in [0.15, 0.2) is 42.7 Å². The van der Waals surface area contributed by atoms with Crippen LogP contribution in [0.1, 0.15) is 24.8 Å². The summed E-state index contributed by atoms with van der Waals surface area (Å²) in [6.07, 6.45) is 7.42. The van der Waals surface area contributed by atoms with Gasteiger partial charge in [0.1, 0.15) is 0 Å². The maximum Gasteiger partial charge on any atom is 0.0690 e. The molecule has 0 bridgehead atoms. The van der Waals surface area contributed by atoms with Gasteiger partial charge in [-0.1, -0.05) is 42.0 Å². The van der Waals surface area contributed by atoms with E-state index in [1.807, 2.05) is 0 Å². The van der Waals surface area contributed by atoms with E-state index in [9.17, 15) is 0 Å². The van der Waals surface area contributed by atoms with Crippen LogP contribution in [-0.2, 0) is 6.54 Å². The molecule has 4 heteroatoms. The lowest BCUT2D eigenvalue weighted by atomic mass is 10.1. The molecule has 1 saturated heterocycles. The second kappa shape index (κ2) is 7.61. The zero-order chi connectivity index (χ0) is 12.5. The van der Waals surface area contributed by atoms with E-state index in [1.54, 1.807) is 12.4 Å². The molecule has 1 aromatic carbocycles. The standard InChI is InChI=1S/C12H17N.C2H3N3/c1-3-7-12(8-4-1)11-13-9-5-2-6-10-13;1-2-4-5-3-1/h1,3-4,7-8H,2,5-6,9-11H2;1-2H,(H,3,4,5). The van der Waals surface area contributed by atoms with Crippen molar-refractivity contribution in [2.24, 2.45) is 0 Å². The van der Waals surface area contributed by atoms with Gasteiger partial charge in [0.2, 0.25) is 0 Å². The summed E-state index contributed by atoms with van der Waals surface area (Å²) >= 11 is 0. The van der Waals surface area contributed by atoms with Gasteiger partial charge in [0.25, 0.3) is 0 Å². The van der Waals surface area contributed by atoms with Crippen LogP contribution in [0, 0.1) is 0 Å². The Hall–Kier alpha value is -1.68. The van der Waals surface area contributed by atoms with E-state index in [4.69, 9.17) is 0 Å². The summed E-state index contributed by atoms with van der Waals surface area (Å²) in [5.74, 6) is 0. The highest BCUT2D eigenvalue weighted by molar-refractivity contribution is 5.14. The van der Waals surface area contributed by atoms with Gasteiger partial charge in [0.05, 0.1) is 6.20 Å². The van der Waals surface area contributed by atoms with Crippen molar-refractivity contribution in [1.82, 2.24) is 20.3 Å². The number of benzene rings is 1. The van der Waals surface area contributed by atoms with Crippen LogP contribution in [0.2, 0.25) is 0 Å². The van der Waals surface area contributed by atoms with Crippen LogP contribution >= 0.6 is 0 Å². The predicted molar refractivity (Wildman–Crippen MR) is 72.0 cm³/mol. The first kappa shape index (κ1) is 12.8. The highest BCUT2D eigenvalue weighted by Gasteiger charge is 2.09. The molecule has 96 valence electrons. The first-order chi connectivity index (χ1) is 8.95. The second-order valence-corrected chi connectivity index (χ2v) is 4.48. The summed E-state index contributed by atoms with van der Waals surface area (Å²) in [6, 6.07) is 10.8. The maximum atomic E-state index is 3.42. The van der Waals surface area contributed by atoms with E-state index in [0.717, 1.165) is 6.54 Å². The van der Waals surface area contributed by atoms with Crippen LogP contribution in [0.5, 0.6) is 0 Å². The van der Waals surface area contributed by atoms with Crippen LogP contribution in [0.25, 0.3) is 0 Å². The summed E-state index contributed by atoms with van der Waals surface area (Å²) in [6.45, 7) is 3.71. The Morgan fingerprint density at radius 1 is 1.06 bits per heavy atom. The molecular weight excluding hydrogens is 224 g/mol. The van der Waals surface area contributed by atoms with Crippen molar-refractivity contribution in [2.75, 3.05) is 13.1 Å². The average Bonchev–Trinajstić information content (AvgIpc) is 3.00. The van der Waals surface area contributed by atoms with Crippen LogP contribution in [-0.4, -0.2) is 33.4 Å². The summed E-state index contributed by atoms with van der Waals surface area (Å²) in [7, 11) is 0. The van der Waals surface area contributed by atoms with E-state index in [0.29, 0.717) is 0 Å². The predicted octanol–water partition coefficient (Wildman–Crippen LogP) is 2.48. The summed E-state index contributed by atoms with van der Waals surface area (Å²) in [4.78, 5) is 2.55. The van der Waals surface area contributed by atoms with Crippen molar-refractivity contribution < 1.29 is 0 Å². The monoisotopic (exact) mass is 244 g/mol. The third-order valence-corrected chi connectivity index (χ3v) is 3.03. The molecule has 1 aromatic heterocycles. The molecule has 2 heterocycles. The Morgan fingerprint density at radius 3 is 2.39 bits per heavy atom. The van der Waals surface area contributed by atoms with Gasteiger partial charge in [-0.25, -0.2) is 0 Å². The Kier molecular flexibility index (Phi) is 5.40. The zero-order valence-electron chi connectivity index (χ0n) is 10.6. The first-order valence-electron chi connectivity index (χ1n) is 6.52. The molecular formula is C14H20N4. The van der Waals surface area contributed by atoms with Crippen LogP contribution in [0.4, 0.5) is 0 Å². The van der Waals surface area contributed by atoms with E-state index < -0.39 is 0 Å². The van der Waals surface area contributed by atoms with Gasteiger partial charge in [0, 0.05) is 12.7 Å². The molecule has 0 saturated carbocycles. The quantitative estimate of drug-likeness (QED) is 0.882. The Labute approximate surface area is 108 Å². The van der Waals surface area contributed by atoms with Crippen LogP contribution in [0.3, 0.4) is 0 Å². The average molecular weight is 244 g/mol. The summed E-state index contributed by atoms with van der Waals surface area (Å²) in [5.41, 5.74) is 1.45. The third-order valence-electron chi connectivity index (χ3n) is 3.03. The zero-order valence-corrected chi connectivity index (χ0v) is 10.6. The number of hydrogen-bond donors (Lipinski definition) is 1. The molecule has 0 atom stereocenters. The normalized spacial score (nSPS) is 15.8. The minimum absolute atomic E-state index is 1.14. The molecule has 18 heavy (non-hydrogen) atoms. The van der Waals surface area contributed by atoms with Gasteiger partial charge < -0.3 is 0 Å². The van der Waals surface area contributed by atoms with E-state index >= 15 is 0 Å². The number of aromatic amines is 1. The molecule has 2 aromatic rings. The third kappa shape index (κ3) is 4.67. The molecule has 0 unspecified atom stereocenters. The SMILES string of the molecule is c1c[nH]nn1.c1ccc(CN2CCCCC2)cc1. The summed E-state index contributed by atoms with van der Waals surface area (Å²) in [5, 5.41) is 9.26. The van der Waals surface area contributed by atoms with Gasteiger partial charge in [0.15, 0.2) is 0 Å². The fraction of sp³-hybridized carbons (Fsp3) is 0.429. The van der Waals surface area contributed by atoms with E-state index in [-0.39, 0.29) is 0 Å². The fourth-order valence-electron chi connectivity index (χ4n) is 2.13. The summed E-state index contributed by atoms with van der Waals surface area (Å²) < 4.78 is 0. The van der Waals surface area contributed by atoms with Gasteiger partial charge >= 0.3 is 0 Å². The number of H-pyrrole nitrogens is 1. The second-order valence-electron chi connectivity index (χ2n) is 4.48. The molecule has 0 radical (unpaired) electrons. The van der Waals surface area contributed by atoms with Crippen molar-refractivity contribution in [3.63, 3.8) is 0 Å². The fourth-order valence-corrected chi connectivity index (χ4v) is 2.13. The Bertz CT molecular complexity index is 376. The number of rotatable bonds is 2. The molecule has 1 aliphatic rings. The van der Waals surface area contributed by atoms with Crippen molar-refractivity contribution in [3.8, 4) is 0 Å². The molecule has 0 spiro atoms. The number of nitrogens with one attached hydrogen (secondary N) is 1. The van der Waals surface area contributed by atoms with Gasteiger partial charge in [-0.3, -0.25) is 10.00 Å². The lowest BCUT2D eigenvalue weighted by Gasteiger charge is -2.26. The van der Waals surface area contributed by atoms with Crippen molar-refractivity contribution in [2.45, 2.75) is 25.8 Å². The van der Waals surface area contributed by atoms with Crippen molar-refractivity contribution in [1.29, 1.82) is 0 Å². The highest BCUT2D eigenvalue weighted by atomic mass is 15.3. The number of aromatic nitrogens is 3. The largest absolute Gasteiger partial charge is 0.299 e. The molecule has 0 amide bonds. The Morgan fingerprint density at radius 2 is 1.83 bits per heavy atom. The molecule has 0 aliphatic carbocycles. The molecule has 1 fully saturated rings. The maximum absolute atomic E-state index is 3.42. The molecule has 3 rings (SSSR count).